The van der Waals surface area contributed by atoms with Gasteiger partial charge in [0.1, 0.15) is 4.75 Å². The van der Waals surface area contributed by atoms with Crippen molar-refractivity contribution >= 4 is 23.7 Å². The Morgan fingerprint density at radius 1 is 1.39 bits per heavy atom. The maximum atomic E-state index is 11.7. The number of carboxylic acid groups (broad SMARTS) is 1. The number of carboxylic acids is 1. The predicted octanol–water partition coefficient (Wildman–Crippen LogP) is 2.82. The highest BCUT2D eigenvalue weighted by atomic mass is 32.2. The second-order valence-electron chi connectivity index (χ2n) is 4.17. The van der Waals surface area contributed by atoms with Crippen LogP contribution in [-0.2, 0) is 9.53 Å². The molecule has 0 saturated carbocycles. The van der Waals surface area contributed by atoms with Crippen LogP contribution in [0.4, 0.5) is 0 Å². The summed E-state index contributed by atoms with van der Waals surface area (Å²) >= 11 is 1.29. The van der Waals surface area contributed by atoms with E-state index in [2.05, 4.69) is 0 Å². The lowest BCUT2D eigenvalue weighted by molar-refractivity contribution is -0.145. The quantitative estimate of drug-likeness (QED) is 0.657. The highest BCUT2D eigenvalue weighted by molar-refractivity contribution is 8.01. The molecule has 0 saturated heterocycles. The van der Waals surface area contributed by atoms with Crippen LogP contribution in [-0.4, -0.2) is 28.4 Å². The summed E-state index contributed by atoms with van der Waals surface area (Å²) in [7, 11) is 0. The van der Waals surface area contributed by atoms with Gasteiger partial charge in [-0.05, 0) is 39.0 Å². The number of esters is 1. The third-order valence-electron chi connectivity index (χ3n) is 2.22. The molecule has 18 heavy (non-hydrogen) atoms. The highest BCUT2D eigenvalue weighted by Gasteiger charge is 2.30. The maximum Gasteiger partial charge on any atom is 0.335 e. The summed E-state index contributed by atoms with van der Waals surface area (Å²) in [4.78, 5) is 23.3. The van der Waals surface area contributed by atoms with Crippen LogP contribution >= 0.6 is 11.8 Å². The molecule has 1 aromatic carbocycles. The molecule has 0 heterocycles. The first kappa shape index (κ1) is 14.6. The fourth-order valence-corrected chi connectivity index (χ4v) is 2.40. The number of aromatic carboxylic acids is 1. The van der Waals surface area contributed by atoms with Gasteiger partial charge in [0.15, 0.2) is 0 Å². The molecule has 0 amide bonds. The molecule has 0 aliphatic rings. The van der Waals surface area contributed by atoms with Gasteiger partial charge in [0.05, 0.1) is 12.2 Å². The highest BCUT2D eigenvalue weighted by Crippen LogP contribution is 2.33. The Balaban J connectivity index is 2.86. The van der Waals surface area contributed by atoms with E-state index in [9.17, 15) is 9.59 Å². The fourth-order valence-electron chi connectivity index (χ4n) is 1.33. The van der Waals surface area contributed by atoms with E-state index in [0.717, 1.165) is 4.90 Å². The van der Waals surface area contributed by atoms with E-state index in [-0.39, 0.29) is 11.5 Å². The van der Waals surface area contributed by atoms with Crippen LogP contribution in [0.5, 0.6) is 0 Å². The predicted molar refractivity (Wildman–Crippen MR) is 70.0 cm³/mol. The largest absolute Gasteiger partial charge is 0.478 e. The van der Waals surface area contributed by atoms with Gasteiger partial charge in [-0.1, -0.05) is 6.07 Å². The molecule has 0 atom stereocenters. The first-order chi connectivity index (χ1) is 8.36. The van der Waals surface area contributed by atoms with Crippen LogP contribution in [0.25, 0.3) is 0 Å². The van der Waals surface area contributed by atoms with Gasteiger partial charge in [-0.3, -0.25) is 4.79 Å². The van der Waals surface area contributed by atoms with Crippen molar-refractivity contribution in [3.8, 4) is 0 Å². The Labute approximate surface area is 110 Å². The SMILES string of the molecule is CCOC(=O)C(C)(C)Sc1cccc(C(=O)O)c1. The van der Waals surface area contributed by atoms with Crippen molar-refractivity contribution in [1.29, 1.82) is 0 Å². The lowest BCUT2D eigenvalue weighted by Crippen LogP contribution is -2.29. The normalized spacial score (nSPS) is 11.1. The van der Waals surface area contributed by atoms with Crippen molar-refractivity contribution in [3.63, 3.8) is 0 Å². The fraction of sp³-hybridized carbons (Fsp3) is 0.385. The first-order valence-electron chi connectivity index (χ1n) is 5.56. The molecular formula is C13H16O4S. The summed E-state index contributed by atoms with van der Waals surface area (Å²) in [5.74, 6) is -1.29. The van der Waals surface area contributed by atoms with Gasteiger partial charge in [0.25, 0.3) is 0 Å². The number of carbonyl (C=O) groups is 2. The smallest absolute Gasteiger partial charge is 0.335 e. The van der Waals surface area contributed by atoms with E-state index in [0.29, 0.717) is 6.61 Å². The third kappa shape index (κ3) is 3.77. The molecule has 0 bridgehead atoms. The number of rotatable bonds is 5. The van der Waals surface area contributed by atoms with Crippen LogP contribution < -0.4 is 0 Å². The molecule has 0 fully saturated rings. The molecule has 1 aromatic rings. The van der Waals surface area contributed by atoms with E-state index in [1.807, 2.05) is 0 Å². The maximum absolute atomic E-state index is 11.7. The summed E-state index contributed by atoms with van der Waals surface area (Å²) < 4.78 is 4.24. The van der Waals surface area contributed by atoms with E-state index >= 15 is 0 Å². The number of carbonyl (C=O) groups excluding carboxylic acids is 1. The minimum Gasteiger partial charge on any atom is -0.478 e. The van der Waals surface area contributed by atoms with Crippen LogP contribution in [0, 0.1) is 0 Å². The van der Waals surface area contributed by atoms with Crippen molar-refractivity contribution in [2.24, 2.45) is 0 Å². The van der Waals surface area contributed by atoms with Crippen LogP contribution in [0.1, 0.15) is 31.1 Å². The molecule has 1 N–H and O–H groups in total. The van der Waals surface area contributed by atoms with Crippen molar-refractivity contribution in [2.45, 2.75) is 30.4 Å². The minimum atomic E-state index is -0.980. The summed E-state index contributed by atoms with van der Waals surface area (Å²) in [6.45, 7) is 5.59. The number of thioether (sulfide) groups is 1. The molecule has 98 valence electrons. The molecule has 5 heteroatoms. The van der Waals surface area contributed by atoms with Gasteiger partial charge in [0.2, 0.25) is 0 Å². The molecular weight excluding hydrogens is 252 g/mol. The molecule has 4 nitrogen and oxygen atoms in total. The Bertz CT molecular complexity index is 454. The molecule has 0 aliphatic carbocycles. The summed E-state index contributed by atoms with van der Waals surface area (Å²) in [5.41, 5.74) is 0.208. The van der Waals surface area contributed by atoms with Gasteiger partial charge in [-0.25, -0.2) is 4.79 Å². The standard InChI is InChI=1S/C13H16O4S/c1-4-17-12(16)13(2,3)18-10-7-5-6-9(8-10)11(14)15/h5-8H,4H2,1-3H3,(H,14,15). The molecule has 0 aromatic heterocycles. The summed E-state index contributed by atoms with van der Waals surface area (Å²) in [6.07, 6.45) is 0. The number of hydrogen-bond acceptors (Lipinski definition) is 4. The summed E-state index contributed by atoms with van der Waals surface area (Å²) in [6, 6.07) is 6.50. The monoisotopic (exact) mass is 268 g/mol. The second-order valence-corrected chi connectivity index (χ2v) is 5.86. The Morgan fingerprint density at radius 2 is 2.06 bits per heavy atom. The van der Waals surface area contributed by atoms with Crippen molar-refractivity contribution in [1.82, 2.24) is 0 Å². The van der Waals surface area contributed by atoms with Crippen molar-refractivity contribution < 1.29 is 19.4 Å². The van der Waals surface area contributed by atoms with Crippen LogP contribution in [0.3, 0.4) is 0 Å². The molecule has 0 unspecified atom stereocenters. The third-order valence-corrected chi connectivity index (χ3v) is 3.39. The Kier molecular flexibility index (Phi) is 4.78. The van der Waals surface area contributed by atoms with E-state index in [1.54, 1.807) is 39.0 Å². The van der Waals surface area contributed by atoms with E-state index < -0.39 is 10.7 Å². The van der Waals surface area contributed by atoms with E-state index in [1.165, 1.54) is 17.8 Å². The van der Waals surface area contributed by atoms with Gasteiger partial charge in [0, 0.05) is 4.90 Å². The van der Waals surface area contributed by atoms with Crippen LogP contribution in [0.2, 0.25) is 0 Å². The lowest BCUT2D eigenvalue weighted by atomic mass is 10.2. The zero-order valence-corrected chi connectivity index (χ0v) is 11.4. The zero-order chi connectivity index (χ0) is 13.8. The topological polar surface area (TPSA) is 63.6 Å². The van der Waals surface area contributed by atoms with Gasteiger partial charge >= 0.3 is 11.9 Å². The average Bonchev–Trinajstić information content (AvgIpc) is 2.29. The van der Waals surface area contributed by atoms with Crippen molar-refractivity contribution in [2.75, 3.05) is 6.61 Å². The molecule has 1 rings (SSSR count). The summed E-state index contributed by atoms with van der Waals surface area (Å²) in [5, 5.41) is 8.90. The van der Waals surface area contributed by atoms with Gasteiger partial charge in [-0.15, -0.1) is 11.8 Å². The van der Waals surface area contributed by atoms with Gasteiger partial charge < -0.3 is 9.84 Å². The lowest BCUT2D eigenvalue weighted by Gasteiger charge is -2.21. The van der Waals surface area contributed by atoms with E-state index in [4.69, 9.17) is 9.84 Å². The minimum absolute atomic E-state index is 0.208. The number of ether oxygens (including phenoxy) is 1. The van der Waals surface area contributed by atoms with Crippen molar-refractivity contribution in [3.05, 3.63) is 29.8 Å². The second kappa shape index (κ2) is 5.91. The first-order valence-corrected chi connectivity index (χ1v) is 6.38. The molecule has 0 radical (unpaired) electrons. The Hall–Kier alpha value is -1.49. The Morgan fingerprint density at radius 3 is 2.61 bits per heavy atom. The zero-order valence-electron chi connectivity index (χ0n) is 10.6. The van der Waals surface area contributed by atoms with Crippen LogP contribution in [0.15, 0.2) is 29.2 Å². The van der Waals surface area contributed by atoms with Gasteiger partial charge in [-0.2, -0.15) is 0 Å². The average molecular weight is 268 g/mol. The number of benzene rings is 1. The number of hydrogen-bond donors (Lipinski definition) is 1. The molecule has 0 aliphatic heterocycles. The molecule has 0 spiro atoms.